The third-order valence-electron chi connectivity index (χ3n) is 7.15. The molecule has 0 radical (unpaired) electrons. The van der Waals surface area contributed by atoms with Crippen LogP contribution in [0.4, 0.5) is 10.9 Å². The zero-order valence-corrected chi connectivity index (χ0v) is 23.3. The lowest BCUT2D eigenvalue weighted by molar-refractivity contribution is -0.662. The lowest BCUT2D eigenvalue weighted by Crippen LogP contribution is -2.71. The number of aliphatic carboxylic acids is 1. The first kappa shape index (κ1) is 26.9. The Morgan fingerprint density at radius 1 is 1.24 bits per heavy atom. The van der Waals surface area contributed by atoms with Crippen LogP contribution in [0.3, 0.4) is 0 Å². The minimum absolute atomic E-state index is 0.00796. The highest BCUT2D eigenvalue weighted by atomic mass is 32.2. The number of thioether (sulfide) groups is 1. The lowest BCUT2D eigenvalue weighted by atomic mass is 9.98. The van der Waals surface area contributed by atoms with Crippen LogP contribution >= 0.6 is 23.3 Å². The van der Waals surface area contributed by atoms with Crippen LogP contribution in [0.1, 0.15) is 37.9 Å². The molecule has 6 rings (SSSR count). The van der Waals surface area contributed by atoms with Gasteiger partial charge in [0, 0.05) is 28.9 Å². The Morgan fingerprint density at radius 2 is 2.05 bits per heavy atom. The second-order valence-corrected chi connectivity index (χ2v) is 11.7. The summed E-state index contributed by atoms with van der Waals surface area (Å²) in [5.74, 6) is -2.14. The summed E-state index contributed by atoms with van der Waals surface area (Å²) in [6.07, 6.45) is 8.10. The number of carboxylic acids is 1. The number of β-lactam (4-membered cyclic amide) rings is 1. The van der Waals surface area contributed by atoms with Crippen molar-refractivity contribution in [2.45, 2.75) is 56.2 Å². The number of carboxylic acid groups (broad SMARTS) is 1. The van der Waals surface area contributed by atoms with Crippen LogP contribution in [0.15, 0.2) is 41.0 Å². The second kappa shape index (κ2) is 11.0. The number of nitrogens with two attached hydrogens (primary N) is 2. The summed E-state index contributed by atoms with van der Waals surface area (Å²) in [4.78, 5) is 49.6. The number of anilines is 2. The number of nitrogen functional groups attached to an aromatic ring is 2. The number of hydrogen-bond donors (Lipinski definition) is 3. The van der Waals surface area contributed by atoms with Crippen molar-refractivity contribution in [3.05, 3.63) is 41.6 Å². The third-order valence-corrected chi connectivity index (χ3v) is 9.03. The predicted octanol–water partition coefficient (Wildman–Crippen LogP) is -1.20. The number of aromatic nitrogens is 5. The van der Waals surface area contributed by atoms with Gasteiger partial charge in [0.05, 0.1) is 11.7 Å². The molecular weight excluding hydrogens is 572 g/mol. The topological polar surface area (TPSA) is 210 Å². The molecule has 0 bridgehead atoms. The highest BCUT2D eigenvalue weighted by Crippen LogP contribution is 2.40. The Labute approximate surface area is 241 Å². The molecule has 2 fully saturated rings. The molecule has 5 N–H and O–H groups in total. The molecule has 3 aromatic heterocycles. The minimum atomic E-state index is -1.47. The van der Waals surface area contributed by atoms with E-state index in [1.54, 1.807) is 33.6 Å². The van der Waals surface area contributed by atoms with Crippen LogP contribution in [0.5, 0.6) is 0 Å². The van der Waals surface area contributed by atoms with Crippen molar-refractivity contribution >= 4 is 63.4 Å². The summed E-state index contributed by atoms with van der Waals surface area (Å²) >= 11 is 2.24. The minimum Gasteiger partial charge on any atom is -0.543 e. The molecule has 5 heterocycles. The van der Waals surface area contributed by atoms with E-state index >= 15 is 0 Å². The normalized spacial score (nSPS) is 21.5. The van der Waals surface area contributed by atoms with Crippen molar-refractivity contribution in [1.82, 2.24) is 29.2 Å². The molecule has 3 aliphatic rings. The summed E-state index contributed by atoms with van der Waals surface area (Å²) in [6, 6.07) is 2.42. The third kappa shape index (κ3) is 5.17. The molecule has 0 unspecified atom stereocenters. The Morgan fingerprint density at radius 3 is 2.78 bits per heavy atom. The summed E-state index contributed by atoms with van der Waals surface area (Å²) in [5, 5.41) is 22.7. The quantitative estimate of drug-likeness (QED) is 0.121. The molecule has 1 saturated carbocycles. The van der Waals surface area contributed by atoms with Gasteiger partial charge in [0.25, 0.3) is 11.8 Å². The Bertz CT molecular complexity index is 1590. The summed E-state index contributed by atoms with van der Waals surface area (Å²) < 4.78 is 7.47. The largest absolute Gasteiger partial charge is 0.543 e. The fourth-order valence-electron chi connectivity index (χ4n) is 5.16. The van der Waals surface area contributed by atoms with E-state index in [-0.39, 0.29) is 35.0 Å². The van der Waals surface area contributed by atoms with E-state index in [2.05, 4.69) is 24.9 Å². The van der Waals surface area contributed by atoms with E-state index in [0.717, 1.165) is 48.5 Å². The van der Waals surface area contributed by atoms with Crippen LogP contribution < -0.4 is 26.5 Å². The zero-order chi connectivity index (χ0) is 28.7. The molecule has 0 spiro atoms. The maximum absolute atomic E-state index is 13.3. The fourth-order valence-corrected chi connectivity index (χ4v) is 6.93. The first-order chi connectivity index (χ1) is 19.8. The zero-order valence-electron chi connectivity index (χ0n) is 21.6. The molecule has 1 aliphatic carbocycles. The summed E-state index contributed by atoms with van der Waals surface area (Å²) in [7, 11) is 0. The molecule has 15 nitrogen and oxygen atoms in total. The Balaban J connectivity index is 1.20. The SMILES string of the molecule is Nc1ccc2n(cc[n+]2CC2=C(C(=O)[O-])N3C(=O)[C@@H](NC(=O)/C(=N\OC4CCCCC4)c4nsc(N)n4)[C@H]3SC2)n1. The summed E-state index contributed by atoms with van der Waals surface area (Å²) in [5.41, 5.74) is 12.2. The van der Waals surface area contributed by atoms with E-state index in [0.29, 0.717) is 22.8 Å². The van der Waals surface area contributed by atoms with Gasteiger partial charge < -0.3 is 31.5 Å². The maximum atomic E-state index is 13.3. The standard InChI is InChI=1S/C24H26N10O5S2/c25-14-6-7-15-32(8-9-33(15)29-14)10-12-11-40-22-17(21(36)34(22)18(12)23(37)38)27-20(35)16(19-28-24(26)41-31-19)30-39-13-4-2-1-3-5-13/h6-9,13,17,22H,1-5,10-11H2,(H5-,25,26,27,28,29,31,35,37,38)/b30-16-/t17-,22-/m1/s1. The number of oxime groups is 1. The molecule has 2 amide bonds. The highest BCUT2D eigenvalue weighted by Gasteiger charge is 2.53. The van der Waals surface area contributed by atoms with Gasteiger partial charge in [-0.15, -0.1) is 11.8 Å². The molecule has 0 aromatic carbocycles. The molecule has 214 valence electrons. The van der Waals surface area contributed by atoms with Gasteiger partial charge >= 0.3 is 5.65 Å². The highest BCUT2D eigenvalue weighted by molar-refractivity contribution is 8.00. The van der Waals surface area contributed by atoms with Gasteiger partial charge in [-0.05, 0) is 31.7 Å². The number of imidazole rings is 1. The van der Waals surface area contributed by atoms with E-state index in [9.17, 15) is 19.5 Å². The monoisotopic (exact) mass is 598 g/mol. The van der Waals surface area contributed by atoms with Crippen molar-refractivity contribution in [2.24, 2.45) is 5.16 Å². The molecule has 2 aliphatic heterocycles. The van der Waals surface area contributed by atoms with E-state index in [4.69, 9.17) is 16.3 Å². The average molecular weight is 599 g/mol. The van der Waals surface area contributed by atoms with Gasteiger partial charge in [0.1, 0.15) is 30.3 Å². The van der Waals surface area contributed by atoms with Gasteiger partial charge in [-0.3, -0.25) is 14.5 Å². The van der Waals surface area contributed by atoms with Gasteiger partial charge in [0.2, 0.25) is 11.5 Å². The van der Waals surface area contributed by atoms with Crippen molar-refractivity contribution in [2.75, 3.05) is 17.2 Å². The number of nitrogens with one attached hydrogen (secondary N) is 1. The van der Waals surface area contributed by atoms with E-state index < -0.39 is 29.2 Å². The van der Waals surface area contributed by atoms with Crippen molar-refractivity contribution in [1.29, 1.82) is 0 Å². The smallest absolute Gasteiger partial charge is 0.307 e. The Kier molecular flexibility index (Phi) is 7.21. The lowest BCUT2D eigenvalue weighted by Gasteiger charge is -2.50. The fraction of sp³-hybridized carbons (Fsp3) is 0.417. The number of rotatable bonds is 8. The molecular formula is C24H26N10O5S2. The number of carbonyl (C=O) groups excluding carboxylic acids is 3. The van der Waals surface area contributed by atoms with Crippen molar-refractivity contribution in [3.63, 3.8) is 0 Å². The van der Waals surface area contributed by atoms with E-state index in [1.165, 1.54) is 11.8 Å². The van der Waals surface area contributed by atoms with Crippen molar-refractivity contribution in [3.8, 4) is 0 Å². The molecule has 1 saturated heterocycles. The molecule has 17 heteroatoms. The average Bonchev–Trinajstić information content (AvgIpc) is 3.57. The predicted molar refractivity (Wildman–Crippen MR) is 146 cm³/mol. The van der Waals surface area contributed by atoms with Crippen LogP contribution in [0.2, 0.25) is 0 Å². The first-order valence-electron chi connectivity index (χ1n) is 13.0. The first-order valence-corrected chi connectivity index (χ1v) is 14.8. The van der Waals surface area contributed by atoms with Gasteiger partial charge in [-0.2, -0.15) is 9.36 Å². The molecule has 2 atom stereocenters. The molecule has 3 aromatic rings. The van der Waals surface area contributed by atoms with Crippen LogP contribution in [0.25, 0.3) is 5.65 Å². The molecule has 41 heavy (non-hydrogen) atoms. The Hall–Kier alpha value is -4.25. The number of carbonyl (C=O) groups is 3. The van der Waals surface area contributed by atoms with E-state index in [1.807, 2.05) is 0 Å². The number of hydrogen-bond acceptors (Lipinski definition) is 13. The van der Waals surface area contributed by atoms with Crippen molar-refractivity contribution < 1.29 is 28.9 Å². The van der Waals surface area contributed by atoms with Crippen LogP contribution in [0, 0.1) is 0 Å². The van der Waals surface area contributed by atoms with Gasteiger partial charge in [-0.25, -0.2) is 4.57 Å². The maximum Gasteiger partial charge on any atom is 0.307 e. The van der Waals surface area contributed by atoms with Gasteiger partial charge in [-0.1, -0.05) is 21.2 Å². The number of amides is 2. The van der Waals surface area contributed by atoms with Crippen LogP contribution in [-0.2, 0) is 25.8 Å². The van der Waals surface area contributed by atoms with Gasteiger partial charge in [0.15, 0.2) is 17.1 Å². The second-order valence-electron chi connectivity index (χ2n) is 9.85. The number of fused-ring (bicyclic) bond motifs is 2. The summed E-state index contributed by atoms with van der Waals surface area (Å²) in [6.45, 7) is 0.193. The van der Waals surface area contributed by atoms with Crippen LogP contribution in [-0.4, -0.2) is 70.6 Å². The number of nitrogens with zero attached hydrogens (tertiary/aromatic N) is 7.